The molecule has 0 bridgehead atoms. The van der Waals surface area contributed by atoms with Gasteiger partial charge in [0.05, 0.1) is 25.4 Å². The number of rotatable bonds is 10. The molecule has 0 aliphatic rings. The molecule has 8 heteroatoms. The van der Waals surface area contributed by atoms with E-state index in [-0.39, 0.29) is 5.56 Å². The van der Waals surface area contributed by atoms with Gasteiger partial charge in [-0.05, 0) is 54.5 Å². The fourth-order valence-corrected chi connectivity index (χ4v) is 4.36. The van der Waals surface area contributed by atoms with Gasteiger partial charge in [0.2, 0.25) is 4.96 Å². The molecule has 0 saturated carbocycles. The SMILES string of the molecule is CCCCCCOc1ccc(/C=c2/sc3nc(-c4ccc(OC)cc4)nn3c2=O)cc1OC. The highest BCUT2D eigenvalue weighted by molar-refractivity contribution is 7.15. The Morgan fingerprint density at radius 1 is 1.00 bits per heavy atom. The van der Waals surface area contributed by atoms with Crippen molar-refractivity contribution in [2.75, 3.05) is 20.8 Å². The van der Waals surface area contributed by atoms with Crippen molar-refractivity contribution in [2.24, 2.45) is 0 Å². The number of aromatic nitrogens is 3. The summed E-state index contributed by atoms with van der Waals surface area (Å²) in [6.07, 6.45) is 6.41. The number of unbranched alkanes of at least 4 members (excludes halogenated alkanes) is 3. The summed E-state index contributed by atoms with van der Waals surface area (Å²) in [5, 5.41) is 4.40. The lowest BCUT2D eigenvalue weighted by atomic mass is 10.2. The second-order valence-electron chi connectivity index (χ2n) is 7.59. The Balaban J connectivity index is 1.56. The van der Waals surface area contributed by atoms with Crippen LogP contribution in [0.25, 0.3) is 22.4 Å². The van der Waals surface area contributed by atoms with Gasteiger partial charge in [0, 0.05) is 5.56 Å². The molecule has 33 heavy (non-hydrogen) atoms. The minimum atomic E-state index is -0.197. The molecule has 4 aromatic rings. The summed E-state index contributed by atoms with van der Waals surface area (Å²) in [6, 6.07) is 13.1. The molecule has 2 aromatic heterocycles. The quantitative estimate of drug-likeness (QED) is 0.324. The van der Waals surface area contributed by atoms with Crippen molar-refractivity contribution >= 4 is 22.4 Å². The third kappa shape index (κ3) is 5.17. The molecule has 0 fully saturated rings. The molecule has 0 spiro atoms. The van der Waals surface area contributed by atoms with Crippen LogP contribution in [0.4, 0.5) is 0 Å². The van der Waals surface area contributed by atoms with Crippen LogP contribution in [0.15, 0.2) is 47.3 Å². The molecule has 0 amide bonds. The van der Waals surface area contributed by atoms with E-state index < -0.39 is 0 Å². The summed E-state index contributed by atoms with van der Waals surface area (Å²) in [4.78, 5) is 18.0. The summed E-state index contributed by atoms with van der Waals surface area (Å²) in [7, 11) is 3.23. The molecule has 172 valence electrons. The highest BCUT2D eigenvalue weighted by Crippen LogP contribution is 2.28. The van der Waals surface area contributed by atoms with Crippen molar-refractivity contribution in [1.29, 1.82) is 0 Å². The van der Waals surface area contributed by atoms with Gasteiger partial charge in [-0.25, -0.2) is 0 Å². The molecule has 0 aliphatic heterocycles. The Kier molecular flexibility index (Phi) is 7.24. The van der Waals surface area contributed by atoms with E-state index in [4.69, 9.17) is 14.2 Å². The molecule has 0 aliphatic carbocycles. The highest BCUT2D eigenvalue weighted by Gasteiger charge is 2.12. The smallest absolute Gasteiger partial charge is 0.291 e. The van der Waals surface area contributed by atoms with Crippen LogP contribution in [0.3, 0.4) is 0 Å². The van der Waals surface area contributed by atoms with Crippen LogP contribution in [0.1, 0.15) is 38.2 Å². The standard InChI is InChI=1S/C25H27N3O4S/c1-4-5-6-7-14-32-20-13-8-17(15-21(20)31-3)16-22-24(29)28-25(33-22)26-23(27-28)18-9-11-19(30-2)12-10-18/h8-13,15-16H,4-7,14H2,1-3H3/b22-16+. The monoisotopic (exact) mass is 465 g/mol. The fourth-order valence-electron chi connectivity index (χ4n) is 3.45. The zero-order chi connectivity index (χ0) is 23.2. The van der Waals surface area contributed by atoms with E-state index in [0.717, 1.165) is 29.7 Å². The number of fused-ring (bicyclic) bond motifs is 1. The minimum Gasteiger partial charge on any atom is -0.497 e. The number of hydrogen-bond acceptors (Lipinski definition) is 7. The number of benzene rings is 2. The molecule has 0 saturated heterocycles. The first kappa shape index (κ1) is 22.8. The van der Waals surface area contributed by atoms with E-state index in [1.54, 1.807) is 14.2 Å². The summed E-state index contributed by atoms with van der Waals surface area (Å²) in [6.45, 7) is 2.85. The van der Waals surface area contributed by atoms with Crippen LogP contribution in [-0.4, -0.2) is 35.4 Å². The second kappa shape index (κ2) is 10.5. The summed E-state index contributed by atoms with van der Waals surface area (Å²) >= 11 is 1.31. The molecule has 0 radical (unpaired) electrons. The predicted molar refractivity (Wildman–Crippen MR) is 131 cm³/mol. The number of ether oxygens (including phenoxy) is 3. The molecule has 0 atom stereocenters. The van der Waals surface area contributed by atoms with E-state index >= 15 is 0 Å². The van der Waals surface area contributed by atoms with Crippen molar-refractivity contribution in [1.82, 2.24) is 14.6 Å². The molecule has 0 N–H and O–H groups in total. The van der Waals surface area contributed by atoms with Gasteiger partial charge < -0.3 is 14.2 Å². The first-order valence-corrected chi connectivity index (χ1v) is 11.8. The van der Waals surface area contributed by atoms with Gasteiger partial charge in [0.15, 0.2) is 17.3 Å². The fraction of sp³-hybridized carbons (Fsp3) is 0.320. The topological polar surface area (TPSA) is 75.0 Å². The van der Waals surface area contributed by atoms with Crippen molar-refractivity contribution in [3.05, 3.63) is 62.9 Å². The van der Waals surface area contributed by atoms with Crippen LogP contribution in [0, 0.1) is 0 Å². The summed E-state index contributed by atoms with van der Waals surface area (Å²) < 4.78 is 18.5. The van der Waals surface area contributed by atoms with E-state index in [0.29, 0.717) is 33.4 Å². The molecule has 2 heterocycles. The summed E-state index contributed by atoms with van der Waals surface area (Å²) in [5.74, 6) is 2.62. The third-order valence-corrected chi connectivity index (χ3v) is 6.23. The van der Waals surface area contributed by atoms with Crippen LogP contribution in [-0.2, 0) is 0 Å². The van der Waals surface area contributed by atoms with Crippen molar-refractivity contribution < 1.29 is 14.2 Å². The van der Waals surface area contributed by atoms with Crippen molar-refractivity contribution in [2.45, 2.75) is 32.6 Å². The maximum Gasteiger partial charge on any atom is 0.291 e. The first-order chi connectivity index (χ1) is 16.1. The lowest BCUT2D eigenvalue weighted by Gasteiger charge is -2.11. The predicted octanol–water partition coefficient (Wildman–Crippen LogP) is 4.34. The van der Waals surface area contributed by atoms with Crippen LogP contribution >= 0.6 is 11.3 Å². The molecule has 0 unspecified atom stereocenters. The number of methoxy groups -OCH3 is 2. The number of hydrogen-bond donors (Lipinski definition) is 0. The van der Waals surface area contributed by atoms with E-state index in [1.807, 2.05) is 48.5 Å². The largest absolute Gasteiger partial charge is 0.497 e. The van der Waals surface area contributed by atoms with Crippen molar-refractivity contribution in [3.63, 3.8) is 0 Å². The molecule has 2 aromatic carbocycles. The Morgan fingerprint density at radius 2 is 1.82 bits per heavy atom. The normalized spacial score (nSPS) is 11.8. The summed E-state index contributed by atoms with van der Waals surface area (Å²) in [5.41, 5.74) is 1.48. The lowest BCUT2D eigenvalue weighted by Crippen LogP contribution is -2.23. The Labute approximate surface area is 196 Å². The van der Waals surface area contributed by atoms with Crippen LogP contribution < -0.4 is 24.3 Å². The van der Waals surface area contributed by atoms with Gasteiger partial charge in [-0.1, -0.05) is 43.6 Å². The average molecular weight is 466 g/mol. The second-order valence-corrected chi connectivity index (χ2v) is 8.60. The maximum absolute atomic E-state index is 12.9. The Hall–Kier alpha value is -3.39. The lowest BCUT2D eigenvalue weighted by molar-refractivity contribution is 0.285. The molecule has 4 rings (SSSR count). The number of thiazole rings is 1. The first-order valence-electron chi connectivity index (χ1n) is 11.0. The highest BCUT2D eigenvalue weighted by atomic mass is 32.1. The molecule has 7 nitrogen and oxygen atoms in total. The zero-order valence-corrected chi connectivity index (χ0v) is 19.9. The van der Waals surface area contributed by atoms with Gasteiger partial charge in [0.1, 0.15) is 5.75 Å². The average Bonchev–Trinajstić information content (AvgIpc) is 3.39. The van der Waals surface area contributed by atoms with Crippen LogP contribution in [0.5, 0.6) is 17.2 Å². The van der Waals surface area contributed by atoms with Gasteiger partial charge >= 0.3 is 0 Å². The maximum atomic E-state index is 12.9. The van der Waals surface area contributed by atoms with Crippen LogP contribution in [0.2, 0.25) is 0 Å². The van der Waals surface area contributed by atoms with E-state index in [1.165, 1.54) is 28.7 Å². The third-order valence-electron chi connectivity index (χ3n) is 5.27. The Bertz CT molecular complexity index is 1330. The van der Waals surface area contributed by atoms with Gasteiger partial charge in [-0.15, -0.1) is 5.10 Å². The van der Waals surface area contributed by atoms with Gasteiger partial charge in [0.25, 0.3) is 5.56 Å². The Morgan fingerprint density at radius 3 is 2.52 bits per heavy atom. The van der Waals surface area contributed by atoms with E-state index in [2.05, 4.69) is 17.0 Å². The van der Waals surface area contributed by atoms with Crippen molar-refractivity contribution in [3.8, 4) is 28.6 Å². The number of nitrogens with zero attached hydrogens (tertiary/aromatic N) is 3. The molecular weight excluding hydrogens is 438 g/mol. The van der Waals surface area contributed by atoms with Gasteiger partial charge in [-0.3, -0.25) is 4.79 Å². The zero-order valence-electron chi connectivity index (χ0n) is 19.0. The molecular formula is C25H27N3O4S. The minimum absolute atomic E-state index is 0.197. The van der Waals surface area contributed by atoms with E-state index in [9.17, 15) is 4.79 Å². The van der Waals surface area contributed by atoms with Gasteiger partial charge in [-0.2, -0.15) is 9.50 Å².